The standard InChI is InChI=1S/C16H22N4/c1-5-17-15-13(4)16(19-11-18-15)20(6-2)14-9-7-12(3)8-10-14/h7-11H,5-6H2,1-4H3,(H,17,18,19). The Hall–Kier alpha value is -2.10. The number of hydrogen-bond acceptors (Lipinski definition) is 4. The van der Waals surface area contributed by atoms with Gasteiger partial charge < -0.3 is 10.2 Å². The van der Waals surface area contributed by atoms with E-state index in [-0.39, 0.29) is 0 Å². The molecule has 4 nitrogen and oxygen atoms in total. The van der Waals surface area contributed by atoms with Gasteiger partial charge in [-0.1, -0.05) is 17.7 Å². The van der Waals surface area contributed by atoms with Crippen molar-refractivity contribution < 1.29 is 0 Å². The highest BCUT2D eigenvalue weighted by molar-refractivity contribution is 5.67. The van der Waals surface area contributed by atoms with Gasteiger partial charge in [0.1, 0.15) is 18.0 Å². The van der Waals surface area contributed by atoms with Crippen molar-refractivity contribution in [3.05, 3.63) is 41.7 Å². The van der Waals surface area contributed by atoms with Gasteiger partial charge in [0.15, 0.2) is 0 Å². The average Bonchev–Trinajstić information content (AvgIpc) is 2.46. The minimum atomic E-state index is 0.855. The van der Waals surface area contributed by atoms with Gasteiger partial charge in [-0.3, -0.25) is 0 Å². The fourth-order valence-electron chi connectivity index (χ4n) is 2.24. The minimum absolute atomic E-state index is 0.855. The zero-order chi connectivity index (χ0) is 14.5. The van der Waals surface area contributed by atoms with E-state index in [4.69, 9.17) is 0 Å². The largest absolute Gasteiger partial charge is 0.370 e. The van der Waals surface area contributed by atoms with Crippen molar-refractivity contribution in [1.29, 1.82) is 0 Å². The normalized spacial score (nSPS) is 10.4. The molecule has 2 aromatic rings. The highest BCUT2D eigenvalue weighted by Crippen LogP contribution is 2.28. The second-order valence-electron chi connectivity index (χ2n) is 4.78. The topological polar surface area (TPSA) is 41.1 Å². The molecule has 0 aliphatic rings. The molecule has 0 saturated heterocycles. The average molecular weight is 270 g/mol. The van der Waals surface area contributed by atoms with Gasteiger partial charge in [-0.15, -0.1) is 0 Å². The van der Waals surface area contributed by atoms with E-state index in [2.05, 4.69) is 72.1 Å². The molecule has 1 aromatic heterocycles. The second kappa shape index (κ2) is 6.37. The van der Waals surface area contributed by atoms with Gasteiger partial charge >= 0.3 is 0 Å². The summed E-state index contributed by atoms with van der Waals surface area (Å²) in [6, 6.07) is 8.51. The molecule has 0 unspecified atom stereocenters. The van der Waals surface area contributed by atoms with Gasteiger partial charge in [-0.25, -0.2) is 9.97 Å². The number of aryl methyl sites for hydroxylation is 1. The molecule has 20 heavy (non-hydrogen) atoms. The van der Waals surface area contributed by atoms with Crippen molar-refractivity contribution in [2.45, 2.75) is 27.7 Å². The highest BCUT2D eigenvalue weighted by atomic mass is 15.2. The van der Waals surface area contributed by atoms with Crippen molar-refractivity contribution in [2.75, 3.05) is 23.3 Å². The summed E-state index contributed by atoms with van der Waals surface area (Å²) in [4.78, 5) is 11.0. The first-order chi connectivity index (χ1) is 9.67. The third kappa shape index (κ3) is 2.90. The number of anilines is 3. The number of aromatic nitrogens is 2. The summed E-state index contributed by atoms with van der Waals surface area (Å²) >= 11 is 0. The molecule has 1 heterocycles. The molecule has 0 bridgehead atoms. The summed E-state index contributed by atoms with van der Waals surface area (Å²) in [5, 5.41) is 3.28. The van der Waals surface area contributed by atoms with Crippen molar-refractivity contribution in [3.8, 4) is 0 Å². The van der Waals surface area contributed by atoms with Gasteiger partial charge in [-0.05, 0) is 39.8 Å². The highest BCUT2D eigenvalue weighted by Gasteiger charge is 2.14. The van der Waals surface area contributed by atoms with Crippen LogP contribution in [0.5, 0.6) is 0 Å². The van der Waals surface area contributed by atoms with Crippen LogP contribution in [0.1, 0.15) is 25.0 Å². The van der Waals surface area contributed by atoms with Gasteiger partial charge in [0.05, 0.1) is 0 Å². The fourth-order valence-corrected chi connectivity index (χ4v) is 2.24. The monoisotopic (exact) mass is 270 g/mol. The smallest absolute Gasteiger partial charge is 0.141 e. The molecule has 1 aromatic carbocycles. The maximum absolute atomic E-state index is 4.47. The number of rotatable bonds is 5. The van der Waals surface area contributed by atoms with Crippen LogP contribution in [0.3, 0.4) is 0 Å². The van der Waals surface area contributed by atoms with Gasteiger partial charge in [0.2, 0.25) is 0 Å². The Morgan fingerprint density at radius 1 is 1.05 bits per heavy atom. The van der Waals surface area contributed by atoms with Crippen LogP contribution in [0.25, 0.3) is 0 Å². The molecule has 0 fully saturated rings. The lowest BCUT2D eigenvalue weighted by Gasteiger charge is -2.24. The Labute approximate surface area is 120 Å². The summed E-state index contributed by atoms with van der Waals surface area (Å²) in [5.41, 5.74) is 3.50. The van der Waals surface area contributed by atoms with Crippen molar-refractivity contribution in [3.63, 3.8) is 0 Å². The predicted molar refractivity (Wildman–Crippen MR) is 84.8 cm³/mol. The molecule has 1 N–H and O–H groups in total. The second-order valence-corrected chi connectivity index (χ2v) is 4.78. The van der Waals surface area contributed by atoms with Crippen molar-refractivity contribution in [2.24, 2.45) is 0 Å². The lowest BCUT2D eigenvalue weighted by molar-refractivity contribution is 0.959. The van der Waals surface area contributed by atoms with Crippen LogP contribution >= 0.6 is 0 Å². The molecule has 0 aliphatic heterocycles. The molecule has 0 radical (unpaired) electrons. The number of nitrogens with one attached hydrogen (secondary N) is 1. The maximum atomic E-state index is 4.47. The van der Waals surface area contributed by atoms with E-state index < -0.39 is 0 Å². The van der Waals surface area contributed by atoms with E-state index in [0.717, 1.165) is 36.0 Å². The van der Waals surface area contributed by atoms with Crippen LogP contribution < -0.4 is 10.2 Å². The van der Waals surface area contributed by atoms with Crippen LogP contribution in [-0.2, 0) is 0 Å². The Morgan fingerprint density at radius 2 is 1.75 bits per heavy atom. The van der Waals surface area contributed by atoms with E-state index >= 15 is 0 Å². The fraction of sp³-hybridized carbons (Fsp3) is 0.375. The van der Waals surface area contributed by atoms with E-state index in [1.807, 2.05) is 0 Å². The van der Waals surface area contributed by atoms with Crippen LogP contribution in [0.4, 0.5) is 17.3 Å². The Bertz CT molecular complexity index is 563. The number of nitrogens with zero attached hydrogens (tertiary/aromatic N) is 3. The first-order valence-electron chi connectivity index (χ1n) is 7.07. The number of benzene rings is 1. The van der Waals surface area contributed by atoms with Gasteiger partial charge in [-0.2, -0.15) is 0 Å². The van der Waals surface area contributed by atoms with Crippen LogP contribution in [0.15, 0.2) is 30.6 Å². The number of hydrogen-bond donors (Lipinski definition) is 1. The molecule has 4 heteroatoms. The van der Waals surface area contributed by atoms with E-state index in [0.29, 0.717) is 0 Å². The SMILES string of the molecule is CCNc1ncnc(N(CC)c2ccc(C)cc2)c1C. The van der Waals surface area contributed by atoms with Crippen molar-refractivity contribution >= 4 is 17.3 Å². The third-order valence-corrected chi connectivity index (χ3v) is 3.32. The summed E-state index contributed by atoms with van der Waals surface area (Å²) in [6.07, 6.45) is 1.62. The molecule has 0 spiro atoms. The first kappa shape index (κ1) is 14.3. The minimum Gasteiger partial charge on any atom is -0.370 e. The molecule has 106 valence electrons. The van der Waals surface area contributed by atoms with Crippen LogP contribution in [0.2, 0.25) is 0 Å². The molecule has 2 rings (SSSR count). The maximum Gasteiger partial charge on any atom is 0.141 e. The molecule has 0 atom stereocenters. The van der Waals surface area contributed by atoms with Crippen LogP contribution in [0, 0.1) is 13.8 Å². The molecular formula is C16H22N4. The lowest BCUT2D eigenvalue weighted by Crippen LogP contribution is -2.19. The summed E-state index contributed by atoms with van der Waals surface area (Å²) in [6.45, 7) is 10.1. The zero-order valence-corrected chi connectivity index (χ0v) is 12.6. The molecule has 0 amide bonds. The van der Waals surface area contributed by atoms with E-state index in [1.165, 1.54) is 5.56 Å². The molecule has 0 saturated carbocycles. The Kier molecular flexibility index (Phi) is 4.56. The van der Waals surface area contributed by atoms with Crippen LogP contribution in [-0.4, -0.2) is 23.1 Å². The summed E-state index contributed by atoms with van der Waals surface area (Å²) in [5.74, 6) is 1.87. The predicted octanol–water partition coefficient (Wildman–Crippen LogP) is 3.68. The Balaban J connectivity index is 2.41. The zero-order valence-electron chi connectivity index (χ0n) is 12.6. The first-order valence-corrected chi connectivity index (χ1v) is 7.07. The molecular weight excluding hydrogens is 248 g/mol. The van der Waals surface area contributed by atoms with E-state index in [1.54, 1.807) is 6.33 Å². The summed E-state index contributed by atoms with van der Waals surface area (Å²) < 4.78 is 0. The quantitative estimate of drug-likeness (QED) is 0.899. The van der Waals surface area contributed by atoms with Crippen molar-refractivity contribution in [1.82, 2.24) is 9.97 Å². The van der Waals surface area contributed by atoms with E-state index in [9.17, 15) is 0 Å². The van der Waals surface area contributed by atoms with Gasteiger partial charge in [0.25, 0.3) is 0 Å². The third-order valence-electron chi connectivity index (χ3n) is 3.32. The summed E-state index contributed by atoms with van der Waals surface area (Å²) in [7, 11) is 0. The lowest BCUT2D eigenvalue weighted by atomic mass is 10.2. The molecule has 0 aliphatic carbocycles. The Morgan fingerprint density at radius 3 is 2.35 bits per heavy atom. The van der Waals surface area contributed by atoms with Gasteiger partial charge in [0, 0.05) is 24.3 Å².